The van der Waals surface area contributed by atoms with Gasteiger partial charge >= 0.3 is 0 Å². The molecular weight excluding hydrogens is 306 g/mol. The Morgan fingerprint density at radius 3 is 2.58 bits per heavy atom. The number of alkyl halides is 1. The number of aryl methyl sites for hydroxylation is 1. The number of aromatic amines is 1. The van der Waals surface area contributed by atoms with Gasteiger partial charge in [-0.05, 0) is 44.2 Å². The Morgan fingerprint density at radius 1 is 1.32 bits per heavy atom. The van der Waals surface area contributed by atoms with Gasteiger partial charge in [0.2, 0.25) is 0 Å². The van der Waals surface area contributed by atoms with Crippen molar-refractivity contribution in [2.24, 2.45) is 0 Å². The molecule has 3 nitrogen and oxygen atoms in total. The van der Waals surface area contributed by atoms with Gasteiger partial charge in [0.05, 0.1) is 0 Å². The molecule has 1 aromatic carbocycles. The number of halogens is 1. The van der Waals surface area contributed by atoms with Crippen molar-refractivity contribution in [1.82, 2.24) is 4.98 Å². The zero-order chi connectivity index (χ0) is 14.3. The van der Waals surface area contributed by atoms with Crippen molar-refractivity contribution in [2.75, 3.05) is 5.33 Å². The van der Waals surface area contributed by atoms with E-state index in [0.29, 0.717) is 6.47 Å². The predicted octanol–water partition coefficient (Wildman–Crippen LogP) is 4.06. The average molecular weight is 326 g/mol. The van der Waals surface area contributed by atoms with Crippen LogP contribution in [-0.2, 0) is 16.0 Å². The second-order valence-electron chi connectivity index (χ2n) is 5.12. The third-order valence-corrected chi connectivity index (χ3v) is 2.84. The van der Waals surface area contributed by atoms with Crippen LogP contribution in [0.25, 0.3) is 10.9 Å². The second-order valence-corrected chi connectivity index (χ2v) is 5.92. The minimum Gasteiger partial charge on any atom is -0.462 e. The number of hydrogen-bond acceptors (Lipinski definition) is 2. The lowest BCUT2D eigenvalue weighted by molar-refractivity contribution is -0.138. The number of para-hydroxylation sites is 1. The molecule has 104 valence electrons. The van der Waals surface area contributed by atoms with Gasteiger partial charge in [-0.3, -0.25) is 4.79 Å². The number of nitrogens with one attached hydrogen (secondary N) is 1. The molecule has 0 aliphatic rings. The molecule has 0 saturated heterocycles. The number of ether oxygens (including phenoxy) is 1. The summed E-state index contributed by atoms with van der Waals surface area (Å²) in [6.07, 6.45) is 3.07. The monoisotopic (exact) mass is 325 g/mol. The molecule has 0 bridgehead atoms. The number of H-pyrrole nitrogens is 1. The number of fused-ring (bicyclic) bond motifs is 1. The number of benzene rings is 1. The van der Waals surface area contributed by atoms with Gasteiger partial charge in [0, 0.05) is 17.0 Å². The van der Waals surface area contributed by atoms with Gasteiger partial charge in [0.1, 0.15) is 5.60 Å². The fourth-order valence-electron chi connectivity index (χ4n) is 1.60. The molecule has 0 radical (unpaired) electrons. The molecule has 0 aliphatic heterocycles. The first-order valence-corrected chi connectivity index (χ1v) is 7.32. The molecule has 0 aliphatic carbocycles. The molecule has 0 saturated carbocycles. The predicted molar refractivity (Wildman–Crippen MR) is 82.7 cm³/mol. The van der Waals surface area contributed by atoms with Gasteiger partial charge < -0.3 is 9.72 Å². The quantitative estimate of drug-likeness (QED) is 0.683. The van der Waals surface area contributed by atoms with E-state index in [1.807, 2.05) is 27.0 Å². The van der Waals surface area contributed by atoms with E-state index < -0.39 is 0 Å². The van der Waals surface area contributed by atoms with E-state index >= 15 is 0 Å². The molecule has 2 aromatic rings. The maximum absolute atomic E-state index is 9.60. The summed E-state index contributed by atoms with van der Waals surface area (Å²) in [4.78, 5) is 12.9. The van der Waals surface area contributed by atoms with E-state index in [1.165, 1.54) is 16.5 Å². The lowest BCUT2D eigenvalue weighted by Crippen LogP contribution is -2.17. The van der Waals surface area contributed by atoms with E-state index in [0.717, 1.165) is 11.8 Å². The van der Waals surface area contributed by atoms with Crippen LogP contribution in [0.1, 0.15) is 26.3 Å². The molecule has 0 atom stereocenters. The normalized spacial score (nSPS) is 10.7. The van der Waals surface area contributed by atoms with E-state index in [4.69, 9.17) is 0 Å². The van der Waals surface area contributed by atoms with E-state index in [1.54, 1.807) is 0 Å². The van der Waals surface area contributed by atoms with Crippen LogP contribution >= 0.6 is 15.9 Å². The highest BCUT2D eigenvalue weighted by molar-refractivity contribution is 9.09. The minimum absolute atomic E-state index is 0.318. The maximum atomic E-state index is 9.60. The molecule has 0 spiro atoms. The highest BCUT2D eigenvalue weighted by atomic mass is 79.9. The number of carbonyl (C=O) groups is 1. The summed E-state index contributed by atoms with van der Waals surface area (Å²) in [6.45, 7) is 5.92. The van der Waals surface area contributed by atoms with E-state index in [-0.39, 0.29) is 5.60 Å². The third kappa shape index (κ3) is 5.47. The highest BCUT2D eigenvalue weighted by Gasteiger charge is 2.07. The van der Waals surface area contributed by atoms with Gasteiger partial charge in [0.15, 0.2) is 0 Å². The van der Waals surface area contributed by atoms with Crippen LogP contribution < -0.4 is 0 Å². The van der Waals surface area contributed by atoms with Crippen LogP contribution in [0.2, 0.25) is 0 Å². The summed E-state index contributed by atoms with van der Waals surface area (Å²) in [7, 11) is 0. The third-order valence-electron chi connectivity index (χ3n) is 2.44. The summed E-state index contributed by atoms with van der Waals surface area (Å²) in [5.74, 6) is 0. The fourth-order valence-corrected chi connectivity index (χ4v) is 2.03. The number of hydrogen-bond donors (Lipinski definition) is 1. The van der Waals surface area contributed by atoms with Crippen LogP contribution in [0.5, 0.6) is 0 Å². The number of carbonyl (C=O) groups excluding carboxylic acids is 1. The Morgan fingerprint density at radius 2 is 2.05 bits per heavy atom. The topological polar surface area (TPSA) is 42.1 Å². The van der Waals surface area contributed by atoms with Gasteiger partial charge in [-0.15, -0.1) is 0 Å². The Kier molecular flexibility index (Phi) is 6.09. The van der Waals surface area contributed by atoms with Crippen LogP contribution in [0.4, 0.5) is 0 Å². The Hall–Kier alpha value is -1.29. The molecule has 0 unspecified atom stereocenters. The van der Waals surface area contributed by atoms with Gasteiger partial charge in [-0.1, -0.05) is 34.1 Å². The summed E-state index contributed by atoms with van der Waals surface area (Å²) >= 11 is 3.45. The number of rotatable bonds is 3. The van der Waals surface area contributed by atoms with Crippen molar-refractivity contribution in [3.05, 3.63) is 36.0 Å². The Labute approximate surface area is 122 Å². The first-order valence-electron chi connectivity index (χ1n) is 6.20. The lowest BCUT2D eigenvalue weighted by Gasteiger charge is -2.14. The summed E-state index contributed by atoms with van der Waals surface area (Å²) in [6, 6.07) is 8.50. The van der Waals surface area contributed by atoms with Crippen molar-refractivity contribution in [2.45, 2.75) is 32.8 Å². The van der Waals surface area contributed by atoms with Gasteiger partial charge in [0.25, 0.3) is 6.47 Å². The zero-order valence-electron chi connectivity index (χ0n) is 11.6. The van der Waals surface area contributed by atoms with Crippen LogP contribution in [0.15, 0.2) is 30.5 Å². The fraction of sp³-hybridized carbons (Fsp3) is 0.400. The molecule has 1 N–H and O–H groups in total. The summed E-state index contributed by atoms with van der Waals surface area (Å²) in [5, 5.41) is 2.32. The average Bonchev–Trinajstić information content (AvgIpc) is 2.77. The van der Waals surface area contributed by atoms with Gasteiger partial charge in [-0.2, -0.15) is 0 Å². The molecule has 19 heavy (non-hydrogen) atoms. The van der Waals surface area contributed by atoms with Crippen molar-refractivity contribution < 1.29 is 9.53 Å². The minimum atomic E-state index is -0.318. The number of aromatic nitrogens is 1. The Bertz CT molecular complexity index is 514. The van der Waals surface area contributed by atoms with Gasteiger partial charge in [-0.25, -0.2) is 0 Å². The smallest absolute Gasteiger partial charge is 0.293 e. The van der Waals surface area contributed by atoms with Crippen molar-refractivity contribution in [3.63, 3.8) is 0 Å². The van der Waals surface area contributed by atoms with E-state index in [2.05, 4.69) is 49.9 Å². The first kappa shape index (κ1) is 15.8. The van der Waals surface area contributed by atoms with Crippen LogP contribution in [0, 0.1) is 0 Å². The SMILES string of the molecule is BrCCc1cccc2cc[nH]c12.CC(C)(C)OC=O. The largest absolute Gasteiger partial charge is 0.462 e. The van der Waals surface area contributed by atoms with Crippen LogP contribution in [-0.4, -0.2) is 22.4 Å². The first-order chi connectivity index (χ1) is 8.98. The summed E-state index contributed by atoms with van der Waals surface area (Å²) < 4.78 is 4.55. The molecule has 0 fully saturated rings. The zero-order valence-corrected chi connectivity index (χ0v) is 13.2. The van der Waals surface area contributed by atoms with Crippen LogP contribution in [0.3, 0.4) is 0 Å². The highest BCUT2D eigenvalue weighted by Crippen LogP contribution is 2.17. The lowest BCUT2D eigenvalue weighted by atomic mass is 10.1. The molecule has 1 aromatic heterocycles. The maximum Gasteiger partial charge on any atom is 0.293 e. The summed E-state index contributed by atoms with van der Waals surface area (Å²) in [5.41, 5.74) is 2.34. The molecule has 2 rings (SSSR count). The van der Waals surface area contributed by atoms with E-state index in [9.17, 15) is 4.79 Å². The second kappa shape index (κ2) is 7.34. The van der Waals surface area contributed by atoms with Crippen molar-refractivity contribution in [3.8, 4) is 0 Å². The molecule has 1 heterocycles. The molecule has 4 heteroatoms. The van der Waals surface area contributed by atoms with Crippen molar-refractivity contribution in [1.29, 1.82) is 0 Å². The molecule has 0 amide bonds. The van der Waals surface area contributed by atoms with Crippen molar-refractivity contribution >= 4 is 33.3 Å². The molecular formula is C15H20BrNO2. The standard InChI is InChI=1S/C10H10BrN.C5H10O2/c11-6-4-8-2-1-3-9-5-7-12-10(8)9;1-5(2,3)7-4-6/h1-3,5,7,12H,4,6H2;4H,1-3H3. The Balaban J connectivity index is 0.000000224.